The van der Waals surface area contributed by atoms with Crippen LogP contribution in [-0.2, 0) is 32.2 Å². The average Bonchev–Trinajstić information content (AvgIpc) is 3.14. The highest BCUT2D eigenvalue weighted by Crippen LogP contribution is 2.34. The molecule has 5 heteroatoms. The molecule has 1 heterocycles. The van der Waals surface area contributed by atoms with E-state index in [9.17, 15) is 5.11 Å². The molecule has 0 aliphatic carbocycles. The summed E-state index contributed by atoms with van der Waals surface area (Å²) in [6, 6.07) is 20.4. The number of aliphatic hydroxyl groups excluding tert-OH is 1. The maximum Gasteiger partial charge on any atom is 0.163 e. The zero-order valence-electron chi connectivity index (χ0n) is 20.2. The molecule has 182 valence electrons. The number of aliphatic hydroxyl groups is 1. The van der Waals surface area contributed by atoms with Gasteiger partial charge < -0.3 is 24.1 Å². The van der Waals surface area contributed by atoms with E-state index in [1.807, 2.05) is 62.4 Å². The third-order valence-electron chi connectivity index (χ3n) is 5.95. The summed E-state index contributed by atoms with van der Waals surface area (Å²) in [6.07, 6.45) is 5.47. The van der Waals surface area contributed by atoms with Gasteiger partial charge in [-0.2, -0.15) is 0 Å². The Morgan fingerprint density at radius 3 is 2.15 bits per heavy atom. The molecule has 1 saturated heterocycles. The topological polar surface area (TPSA) is 57.2 Å². The Morgan fingerprint density at radius 2 is 1.48 bits per heavy atom. The van der Waals surface area contributed by atoms with E-state index in [-0.39, 0.29) is 24.9 Å². The molecule has 5 nitrogen and oxygen atoms in total. The zero-order valence-corrected chi connectivity index (χ0v) is 20.2. The molecule has 33 heavy (non-hydrogen) atoms. The summed E-state index contributed by atoms with van der Waals surface area (Å²) < 4.78 is 24.4. The fourth-order valence-corrected chi connectivity index (χ4v) is 4.32. The molecule has 0 saturated carbocycles. The van der Waals surface area contributed by atoms with Gasteiger partial charge in [-0.1, -0.05) is 79.9 Å². The maximum absolute atomic E-state index is 9.61. The molecule has 0 aromatic heterocycles. The van der Waals surface area contributed by atoms with Crippen LogP contribution in [0.1, 0.15) is 63.5 Å². The summed E-state index contributed by atoms with van der Waals surface area (Å²) in [5, 5.41) is 9.61. The number of hydrogen-bond acceptors (Lipinski definition) is 5. The second kappa shape index (κ2) is 13.8. The van der Waals surface area contributed by atoms with Crippen molar-refractivity contribution < 1.29 is 24.1 Å². The predicted octanol–water partition coefficient (Wildman–Crippen LogP) is 5.64. The van der Waals surface area contributed by atoms with E-state index >= 15 is 0 Å². The summed E-state index contributed by atoms with van der Waals surface area (Å²) in [5.74, 6) is -0.634. The minimum absolute atomic E-state index is 0.0262. The first kappa shape index (κ1) is 25.9. The molecule has 1 aliphatic heterocycles. The summed E-state index contributed by atoms with van der Waals surface area (Å²) in [4.78, 5) is 0. The minimum atomic E-state index is -0.634. The Bertz CT molecular complexity index is 764. The second-order valence-electron chi connectivity index (χ2n) is 9.23. The predicted molar refractivity (Wildman–Crippen MR) is 130 cm³/mol. The summed E-state index contributed by atoms with van der Waals surface area (Å²) in [7, 11) is 0. The van der Waals surface area contributed by atoms with E-state index in [4.69, 9.17) is 18.9 Å². The smallest absolute Gasteiger partial charge is 0.163 e. The monoisotopic (exact) mass is 456 g/mol. The van der Waals surface area contributed by atoms with E-state index in [2.05, 4.69) is 12.1 Å². The number of ether oxygens (including phenoxy) is 4. The highest BCUT2D eigenvalue weighted by Gasteiger charge is 2.44. The van der Waals surface area contributed by atoms with Crippen molar-refractivity contribution >= 4 is 0 Å². The van der Waals surface area contributed by atoms with Crippen LogP contribution in [0.25, 0.3) is 0 Å². The van der Waals surface area contributed by atoms with Crippen molar-refractivity contribution in [1.82, 2.24) is 0 Å². The van der Waals surface area contributed by atoms with Gasteiger partial charge in [0, 0.05) is 13.2 Å². The van der Waals surface area contributed by atoms with E-state index in [1.165, 1.54) is 5.56 Å². The minimum Gasteiger partial charge on any atom is -0.396 e. The van der Waals surface area contributed by atoms with Crippen LogP contribution in [0.5, 0.6) is 0 Å². The van der Waals surface area contributed by atoms with Gasteiger partial charge in [0.2, 0.25) is 0 Å². The van der Waals surface area contributed by atoms with Crippen LogP contribution in [0, 0.1) is 0 Å². The first-order valence-electron chi connectivity index (χ1n) is 12.3. The number of hydrogen-bond donors (Lipinski definition) is 1. The summed E-state index contributed by atoms with van der Waals surface area (Å²) in [6.45, 7) is 5.95. The third-order valence-corrected chi connectivity index (χ3v) is 5.95. The number of unbranched alkanes of at least 4 members (excludes halogenated alkanes) is 3. The standard InChI is InChI=1S/C28H40O5/c1-28(2)32-26(17-11-3-4-12-20-30-21-23-13-7-5-8-14-23)27(33-28)25(18-19-29)31-22-24-15-9-6-10-16-24/h5-10,13-16,25-27,29H,3-4,11-12,17-22H2,1-2H3/t25-,26-,27-/m1/s1. The van der Waals surface area contributed by atoms with Gasteiger partial charge in [0.15, 0.2) is 5.79 Å². The van der Waals surface area contributed by atoms with Crippen LogP contribution in [0.2, 0.25) is 0 Å². The van der Waals surface area contributed by atoms with E-state index in [0.29, 0.717) is 19.6 Å². The van der Waals surface area contributed by atoms with Crippen LogP contribution in [0.4, 0.5) is 0 Å². The van der Waals surface area contributed by atoms with Gasteiger partial charge in [0.1, 0.15) is 6.10 Å². The summed E-state index contributed by atoms with van der Waals surface area (Å²) >= 11 is 0. The Balaban J connectivity index is 1.38. The fraction of sp³-hybridized carbons (Fsp3) is 0.571. The van der Waals surface area contributed by atoms with Gasteiger partial charge in [-0.3, -0.25) is 0 Å². The first-order chi connectivity index (χ1) is 16.1. The molecule has 0 bridgehead atoms. The Kier molecular flexibility index (Phi) is 10.8. The van der Waals surface area contributed by atoms with Gasteiger partial charge >= 0.3 is 0 Å². The van der Waals surface area contributed by atoms with Gasteiger partial charge in [-0.25, -0.2) is 0 Å². The normalized spacial score (nSPS) is 20.7. The van der Waals surface area contributed by atoms with Crippen LogP contribution < -0.4 is 0 Å². The molecule has 0 spiro atoms. The third kappa shape index (κ3) is 9.19. The van der Waals surface area contributed by atoms with Crippen molar-refractivity contribution in [3.63, 3.8) is 0 Å². The zero-order chi connectivity index (χ0) is 23.4. The number of rotatable bonds is 15. The Hall–Kier alpha value is -1.76. The quantitative estimate of drug-likeness (QED) is 0.351. The lowest BCUT2D eigenvalue weighted by atomic mass is 9.99. The van der Waals surface area contributed by atoms with E-state index in [0.717, 1.165) is 44.3 Å². The van der Waals surface area contributed by atoms with Crippen molar-refractivity contribution in [2.24, 2.45) is 0 Å². The van der Waals surface area contributed by atoms with Gasteiger partial charge in [0.05, 0.1) is 25.4 Å². The average molecular weight is 457 g/mol. The second-order valence-corrected chi connectivity index (χ2v) is 9.23. The lowest BCUT2D eigenvalue weighted by Crippen LogP contribution is -2.38. The largest absolute Gasteiger partial charge is 0.396 e. The van der Waals surface area contributed by atoms with Crippen molar-refractivity contribution in [3.8, 4) is 0 Å². The maximum atomic E-state index is 9.61. The van der Waals surface area contributed by atoms with Crippen LogP contribution >= 0.6 is 0 Å². The Morgan fingerprint density at radius 1 is 0.848 bits per heavy atom. The van der Waals surface area contributed by atoms with Gasteiger partial charge in [0.25, 0.3) is 0 Å². The summed E-state index contributed by atoms with van der Waals surface area (Å²) in [5.41, 5.74) is 2.33. The van der Waals surface area contributed by atoms with Crippen LogP contribution in [0.15, 0.2) is 60.7 Å². The van der Waals surface area contributed by atoms with Crippen LogP contribution in [0.3, 0.4) is 0 Å². The van der Waals surface area contributed by atoms with E-state index < -0.39 is 5.79 Å². The molecule has 0 unspecified atom stereocenters. The number of benzene rings is 2. The van der Waals surface area contributed by atoms with Gasteiger partial charge in [-0.05, 0) is 44.2 Å². The molecule has 3 rings (SSSR count). The van der Waals surface area contributed by atoms with Crippen molar-refractivity contribution in [2.75, 3.05) is 13.2 Å². The van der Waals surface area contributed by atoms with Crippen molar-refractivity contribution in [2.45, 2.75) is 89.7 Å². The highest BCUT2D eigenvalue weighted by molar-refractivity contribution is 5.14. The molecule has 0 radical (unpaired) electrons. The van der Waals surface area contributed by atoms with Crippen molar-refractivity contribution in [1.29, 1.82) is 0 Å². The van der Waals surface area contributed by atoms with E-state index in [1.54, 1.807) is 0 Å². The molecule has 3 atom stereocenters. The molecule has 1 aliphatic rings. The molecular weight excluding hydrogens is 416 g/mol. The van der Waals surface area contributed by atoms with Crippen molar-refractivity contribution in [3.05, 3.63) is 71.8 Å². The molecule has 0 amide bonds. The Labute approximate surface area is 199 Å². The molecule has 2 aromatic rings. The van der Waals surface area contributed by atoms with Crippen LogP contribution in [-0.4, -0.2) is 42.4 Å². The molecule has 2 aromatic carbocycles. The highest BCUT2D eigenvalue weighted by atomic mass is 16.8. The molecular formula is C28H40O5. The van der Waals surface area contributed by atoms with Gasteiger partial charge in [-0.15, -0.1) is 0 Å². The lowest BCUT2D eigenvalue weighted by Gasteiger charge is -2.26. The molecule has 1 N–H and O–H groups in total. The SMILES string of the molecule is CC1(C)O[C@H]([C@@H](CCO)OCc2ccccc2)[C@@H](CCCCCCOCc2ccccc2)O1. The lowest BCUT2D eigenvalue weighted by molar-refractivity contribution is -0.162. The fourth-order valence-electron chi connectivity index (χ4n) is 4.32. The first-order valence-corrected chi connectivity index (χ1v) is 12.3. The molecule has 1 fully saturated rings.